The molecule has 35 heavy (non-hydrogen) atoms. The van der Waals surface area contributed by atoms with E-state index in [1.54, 1.807) is 48.7 Å². The summed E-state index contributed by atoms with van der Waals surface area (Å²) in [7, 11) is 0. The molecule has 0 fully saturated rings. The minimum atomic E-state index is -4.56. The molecule has 0 saturated carbocycles. The molecule has 0 spiro atoms. The van der Waals surface area contributed by atoms with Crippen LogP contribution in [0.5, 0.6) is 0 Å². The normalized spacial score (nSPS) is 11.1. The topological polar surface area (TPSA) is 84.0 Å². The van der Waals surface area contributed by atoms with Crippen LogP contribution in [0.2, 0.25) is 0 Å². The maximum atomic E-state index is 13.5. The van der Waals surface area contributed by atoms with E-state index in [0.29, 0.717) is 17.1 Å². The van der Waals surface area contributed by atoms with E-state index in [4.69, 9.17) is 0 Å². The third kappa shape index (κ3) is 5.89. The zero-order valence-corrected chi connectivity index (χ0v) is 18.2. The molecular weight excluding hydrogens is 457 g/mol. The molecule has 0 radical (unpaired) electrons. The summed E-state index contributed by atoms with van der Waals surface area (Å²) in [5.41, 5.74) is 0.893. The van der Waals surface area contributed by atoms with Crippen molar-refractivity contribution in [2.75, 3.05) is 10.6 Å². The first-order chi connectivity index (χ1) is 16.8. The number of carbonyl (C=O) groups excluding carboxylic acids is 2. The van der Waals surface area contributed by atoms with Gasteiger partial charge in [0.05, 0.1) is 17.7 Å². The highest BCUT2D eigenvalue weighted by atomic mass is 19.4. The third-order valence-electron chi connectivity index (χ3n) is 5.11. The zero-order valence-electron chi connectivity index (χ0n) is 18.2. The van der Waals surface area contributed by atoms with Crippen LogP contribution in [0, 0.1) is 0 Å². The van der Waals surface area contributed by atoms with Crippen molar-refractivity contribution < 1.29 is 22.8 Å². The van der Waals surface area contributed by atoms with Crippen LogP contribution < -0.4 is 10.6 Å². The van der Waals surface area contributed by atoms with Crippen molar-refractivity contribution in [3.8, 4) is 11.1 Å². The van der Waals surface area contributed by atoms with Gasteiger partial charge in [0.2, 0.25) is 5.91 Å². The second kappa shape index (κ2) is 10.2. The van der Waals surface area contributed by atoms with Crippen molar-refractivity contribution >= 4 is 23.2 Å². The molecule has 3 aromatic carbocycles. The minimum absolute atomic E-state index is 0.0764. The van der Waals surface area contributed by atoms with Crippen LogP contribution in [0.15, 0.2) is 91.4 Å². The predicted octanol–water partition coefficient (Wildman–Crippen LogP) is 5.60. The first-order valence-corrected chi connectivity index (χ1v) is 10.5. The van der Waals surface area contributed by atoms with Crippen molar-refractivity contribution in [3.05, 3.63) is 108 Å². The highest BCUT2D eigenvalue weighted by molar-refractivity contribution is 6.09. The molecule has 4 aromatic rings. The molecular formula is C26H19F3N4O2. The number of anilines is 2. The molecule has 9 heteroatoms. The SMILES string of the molecule is O=C(Cc1ccncn1)Nc1ccc(NC(=O)c2ccccc2-c2ccccc2C(F)(F)F)cc1. The summed E-state index contributed by atoms with van der Waals surface area (Å²) in [4.78, 5) is 32.9. The Labute approximate surface area is 198 Å². The number of rotatable bonds is 6. The van der Waals surface area contributed by atoms with Crippen molar-refractivity contribution in [1.29, 1.82) is 0 Å². The van der Waals surface area contributed by atoms with Gasteiger partial charge in [0.15, 0.2) is 0 Å². The lowest BCUT2D eigenvalue weighted by Crippen LogP contribution is -2.16. The molecule has 2 amide bonds. The van der Waals surface area contributed by atoms with Gasteiger partial charge in [0.25, 0.3) is 5.91 Å². The Morgan fingerprint density at radius 1 is 0.771 bits per heavy atom. The second-order valence-corrected chi connectivity index (χ2v) is 7.55. The highest BCUT2D eigenvalue weighted by Crippen LogP contribution is 2.38. The summed E-state index contributed by atoms with van der Waals surface area (Å²) >= 11 is 0. The van der Waals surface area contributed by atoms with Gasteiger partial charge in [-0.05, 0) is 53.6 Å². The molecule has 1 aromatic heterocycles. The van der Waals surface area contributed by atoms with Crippen molar-refractivity contribution in [2.24, 2.45) is 0 Å². The fourth-order valence-corrected chi connectivity index (χ4v) is 3.51. The van der Waals surface area contributed by atoms with Crippen LogP contribution in [0.3, 0.4) is 0 Å². The number of nitrogens with zero attached hydrogens (tertiary/aromatic N) is 2. The van der Waals surface area contributed by atoms with Crippen LogP contribution in [-0.4, -0.2) is 21.8 Å². The summed E-state index contributed by atoms with van der Waals surface area (Å²) in [6.07, 6.45) is -1.57. The van der Waals surface area contributed by atoms with Crippen LogP contribution in [0.4, 0.5) is 24.5 Å². The van der Waals surface area contributed by atoms with Crippen molar-refractivity contribution in [1.82, 2.24) is 9.97 Å². The van der Waals surface area contributed by atoms with Gasteiger partial charge in [-0.15, -0.1) is 0 Å². The molecule has 0 aliphatic rings. The van der Waals surface area contributed by atoms with Gasteiger partial charge in [-0.1, -0.05) is 36.4 Å². The summed E-state index contributed by atoms with van der Waals surface area (Å²) in [5, 5.41) is 5.43. The van der Waals surface area contributed by atoms with E-state index in [1.165, 1.54) is 36.7 Å². The van der Waals surface area contributed by atoms with E-state index >= 15 is 0 Å². The van der Waals surface area contributed by atoms with Gasteiger partial charge in [0, 0.05) is 23.1 Å². The Kier molecular flexibility index (Phi) is 6.86. The Balaban J connectivity index is 1.48. The summed E-state index contributed by atoms with van der Waals surface area (Å²) < 4.78 is 40.6. The van der Waals surface area contributed by atoms with Gasteiger partial charge in [-0.2, -0.15) is 13.2 Å². The summed E-state index contributed by atoms with van der Waals surface area (Å²) in [6, 6.07) is 19.3. The highest BCUT2D eigenvalue weighted by Gasteiger charge is 2.34. The van der Waals surface area contributed by atoms with Crippen molar-refractivity contribution in [2.45, 2.75) is 12.6 Å². The van der Waals surface area contributed by atoms with Crippen LogP contribution in [-0.2, 0) is 17.4 Å². The van der Waals surface area contributed by atoms with Crippen LogP contribution in [0.25, 0.3) is 11.1 Å². The molecule has 1 heterocycles. The molecule has 6 nitrogen and oxygen atoms in total. The lowest BCUT2D eigenvalue weighted by molar-refractivity contribution is -0.137. The molecule has 0 bridgehead atoms. The van der Waals surface area contributed by atoms with Crippen LogP contribution in [0.1, 0.15) is 21.6 Å². The smallest absolute Gasteiger partial charge is 0.326 e. The molecule has 0 aliphatic carbocycles. The molecule has 0 unspecified atom stereocenters. The zero-order chi connectivity index (χ0) is 24.8. The first kappa shape index (κ1) is 23.6. The fraction of sp³-hybridized carbons (Fsp3) is 0.0769. The van der Waals surface area contributed by atoms with Gasteiger partial charge in [-0.3, -0.25) is 9.59 Å². The van der Waals surface area contributed by atoms with E-state index in [-0.39, 0.29) is 29.0 Å². The monoisotopic (exact) mass is 476 g/mol. The third-order valence-corrected chi connectivity index (χ3v) is 5.11. The van der Waals surface area contributed by atoms with Crippen LogP contribution >= 0.6 is 0 Å². The minimum Gasteiger partial charge on any atom is -0.326 e. The van der Waals surface area contributed by atoms with Crippen molar-refractivity contribution in [3.63, 3.8) is 0 Å². The number of nitrogens with one attached hydrogen (secondary N) is 2. The molecule has 4 rings (SSSR count). The fourth-order valence-electron chi connectivity index (χ4n) is 3.51. The lowest BCUT2D eigenvalue weighted by Gasteiger charge is -2.16. The number of hydrogen-bond acceptors (Lipinski definition) is 4. The summed E-state index contributed by atoms with van der Waals surface area (Å²) in [6.45, 7) is 0. The molecule has 0 saturated heterocycles. The average Bonchev–Trinajstić information content (AvgIpc) is 2.85. The Bertz CT molecular complexity index is 1340. The van der Waals surface area contributed by atoms with E-state index in [9.17, 15) is 22.8 Å². The Morgan fingerprint density at radius 3 is 2.06 bits per heavy atom. The largest absolute Gasteiger partial charge is 0.417 e. The number of aromatic nitrogens is 2. The number of alkyl halides is 3. The lowest BCUT2D eigenvalue weighted by atomic mass is 9.94. The van der Waals surface area contributed by atoms with E-state index in [0.717, 1.165) is 6.07 Å². The standard InChI is InChI=1S/C26H19F3N4O2/c27-26(28,29)23-8-4-3-6-21(23)20-5-1-2-7-22(20)25(35)33-18-11-9-17(10-12-18)32-24(34)15-19-13-14-30-16-31-19/h1-14,16H,15H2,(H,32,34)(H,33,35). The number of benzene rings is 3. The van der Waals surface area contributed by atoms with Gasteiger partial charge in [0.1, 0.15) is 6.33 Å². The average molecular weight is 476 g/mol. The van der Waals surface area contributed by atoms with E-state index in [2.05, 4.69) is 20.6 Å². The Hall–Kier alpha value is -4.53. The molecule has 176 valence electrons. The maximum Gasteiger partial charge on any atom is 0.417 e. The Morgan fingerprint density at radius 2 is 1.40 bits per heavy atom. The second-order valence-electron chi connectivity index (χ2n) is 7.55. The number of carbonyl (C=O) groups is 2. The quantitative estimate of drug-likeness (QED) is 0.380. The summed E-state index contributed by atoms with van der Waals surface area (Å²) in [5.74, 6) is -0.823. The van der Waals surface area contributed by atoms with Gasteiger partial charge < -0.3 is 10.6 Å². The number of amides is 2. The van der Waals surface area contributed by atoms with E-state index < -0.39 is 17.6 Å². The maximum absolute atomic E-state index is 13.5. The first-order valence-electron chi connectivity index (χ1n) is 10.5. The molecule has 0 atom stereocenters. The number of halogens is 3. The van der Waals surface area contributed by atoms with Gasteiger partial charge in [-0.25, -0.2) is 9.97 Å². The molecule has 2 N–H and O–H groups in total. The number of hydrogen-bond donors (Lipinski definition) is 2. The van der Waals surface area contributed by atoms with Gasteiger partial charge >= 0.3 is 6.18 Å². The predicted molar refractivity (Wildman–Crippen MR) is 126 cm³/mol. The molecule has 0 aliphatic heterocycles. The van der Waals surface area contributed by atoms with E-state index in [1.807, 2.05) is 0 Å².